The molecule has 0 saturated heterocycles. The van der Waals surface area contributed by atoms with E-state index in [1.165, 1.54) is 24.0 Å². The van der Waals surface area contributed by atoms with Crippen LogP contribution in [-0.4, -0.2) is 0 Å². The van der Waals surface area contributed by atoms with Gasteiger partial charge < -0.3 is 0 Å². The van der Waals surface area contributed by atoms with Gasteiger partial charge in [0.1, 0.15) is 0 Å². The van der Waals surface area contributed by atoms with Crippen LogP contribution in [0.4, 0.5) is 0 Å². The van der Waals surface area contributed by atoms with Gasteiger partial charge in [-0.1, -0.05) is 0 Å². The summed E-state index contributed by atoms with van der Waals surface area (Å²) in [6.45, 7) is 16.8. The molecule has 126 valence electrons. The molecule has 0 N–H and O–H groups in total. The first-order chi connectivity index (χ1) is 11.2. The number of fused-ring (bicyclic) bond motifs is 1. The molecule has 0 fully saturated rings. The zero-order valence-corrected chi connectivity index (χ0v) is 19.9. The normalized spacial score (nSPS) is 29.2. The Morgan fingerprint density at radius 3 is 2.29 bits per heavy atom. The van der Waals surface area contributed by atoms with E-state index in [1.54, 1.807) is 22.3 Å². The van der Waals surface area contributed by atoms with Crippen LogP contribution >= 0.6 is 0 Å². The number of hydrogen-bond donors (Lipinski definition) is 0. The summed E-state index contributed by atoms with van der Waals surface area (Å²) in [7, 11) is 0. The van der Waals surface area contributed by atoms with Gasteiger partial charge in [-0.25, -0.2) is 0 Å². The maximum absolute atomic E-state index is 2.59. The van der Waals surface area contributed by atoms with Crippen molar-refractivity contribution in [3.63, 3.8) is 0 Å². The molecule has 0 aromatic heterocycles. The van der Waals surface area contributed by atoms with Gasteiger partial charge in [0.2, 0.25) is 0 Å². The Morgan fingerprint density at radius 1 is 0.958 bits per heavy atom. The van der Waals surface area contributed by atoms with Crippen molar-refractivity contribution < 1.29 is 22.9 Å². The van der Waals surface area contributed by atoms with E-state index < -0.39 is 22.9 Å². The van der Waals surface area contributed by atoms with Gasteiger partial charge in [0.15, 0.2) is 0 Å². The third-order valence-electron chi connectivity index (χ3n) is 6.43. The third kappa shape index (κ3) is 2.59. The van der Waals surface area contributed by atoms with Gasteiger partial charge in [-0.15, -0.1) is 0 Å². The van der Waals surface area contributed by atoms with Gasteiger partial charge in [-0.05, 0) is 0 Å². The SMILES string of the molecule is CCCC1(C)C(C)=C(C)C(C)=[C]1[Hf][C]1(C)C=C(C)c2ccccc21. The molecule has 0 nitrogen and oxygen atoms in total. The second-order valence-corrected chi connectivity index (χ2v) is 14.5. The van der Waals surface area contributed by atoms with Gasteiger partial charge in [0.25, 0.3) is 0 Å². The molecule has 2 atom stereocenters. The van der Waals surface area contributed by atoms with Crippen LogP contribution in [0.25, 0.3) is 5.57 Å². The van der Waals surface area contributed by atoms with Crippen molar-refractivity contribution in [2.24, 2.45) is 5.41 Å². The van der Waals surface area contributed by atoms with E-state index in [9.17, 15) is 0 Å². The number of hydrogen-bond acceptors (Lipinski definition) is 0. The van der Waals surface area contributed by atoms with Gasteiger partial charge in [0.05, 0.1) is 0 Å². The average molecular weight is 485 g/mol. The molecule has 2 unspecified atom stereocenters. The fourth-order valence-electron chi connectivity index (χ4n) is 4.76. The van der Waals surface area contributed by atoms with Gasteiger partial charge >= 0.3 is 160 Å². The van der Waals surface area contributed by atoms with Crippen molar-refractivity contribution in [1.29, 1.82) is 0 Å². The van der Waals surface area contributed by atoms with Crippen molar-refractivity contribution in [2.45, 2.75) is 64.5 Å². The minimum atomic E-state index is -1.08. The summed E-state index contributed by atoms with van der Waals surface area (Å²) in [6, 6.07) is 9.10. The van der Waals surface area contributed by atoms with E-state index in [1.807, 2.05) is 3.33 Å². The summed E-state index contributed by atoms with van der Waals surface area (Å²) in [6.07, 6.45) is 5.16. The Balaban J connectivity index is 2.06. The molecule has 1 heteroatoms. The first kappa shape index (κ1) is 18.1. The summed E-state index contributed by atoms with van der Waals surface area (Å²) in [4.78, 5) is 0. The van der Waals surface area contributed by atoms with E-state index >= 15 is 0 Å². The van der Waals surface area contributed by atoms with Gasteiger partial charge in [0, 0.05) is 0 Å². The van der Waals surface area contributed by atoms with Crippen LogP contribution in [0.5, 0.6) is 0 Å². The topological polar surface area (TPSA) is 0 Å². The second-order valence-electron chi connectivity index (χ2n) is 8.03. The van der Waals surface area contributed by atoms with Crippen LogP contribution < -0.4 is 0 Å². The van der Waals surface area contributed by atoms with Crippen LogP contribution in [0, 0.1) is 5.41 Å². The fraction of sp³-hybridized carbons (Fsp3) is 0.478. The van der Waals surface area contributed by atoms with E-state index in [4.69, 9.17) is 0 Å². The first-order valence-corrected chi connectivity index (χ1v) is 12.8. The van der Waals surface area contributed by atoms with Crippen LogP contribution in [0.2, 0.25) is 0 Å². The summed E-state index contributed by atoms with van der Waals surface area (Å²) >= 11 is -1.08. The monoisotopic (exact) mass is 486 g/mol. The molecule has 0 saturated carbocycles. The zero-order chi connectivity index (χ0) is 17.7. The van der Waals surface area contributed by atoms with Crippen LogP contribution in [0.1, 0.15) is 72.4 Å². The van der Waals surface area contributed by atoms with E-state index in [0.29, 0.717) is 8.59 Å². The molecule has 0 amide bonds. The molecule has 0 radical (unpaired) electrons. The predicted molar refractivity (Wildman–Crippen MR) is 102 cm³/mol. The van der Waals surface area contributed by atoms with Crippen LogP contribution in [0.3, 0.4) is 0 Å². The molecule has 0 aliphatic heterocycles. The average Bonchev–Trinajstić information content (AvgIpc) is 2.89. The summed E-state index contributed by atoms with van der Waals surface area (Å²) < 4.78 is 2.18. The van der Waals surface area contributed by atoms with Gasteiger partial charge in [-0.2, -0.15) is 0 Å². The molecule has 0 bridgehead atoms. The Labute approximate surface area is 159 Å². The molecule has 24 heavy (non-hydrogen) atoms. The van der Waals surface area contributed by atoms with E-state index in [2.05, 4.69) is 78.8 Å². The number of benzene rings is 1. The van der Waals surface area contributed by atoms with Crippen LogP contribution in [-0.2, 0) is 26.1 Å². The quantitative estimate of drug-likeness (QED) is 0.411. The summed E-state index contributed by atoms with van der Waals surface area (Å²) in [5.41, 5.74) is 9.73. The molecule has 0 spiro atoms. The molecule has 1 aromatic carbocycles. The van der Waals surface area contributed by atoms with Crippen molar-refractivity contribution in [3.8, 4) is 0 Å². The van der Waals surface area contributed by atoms with Gasteiger partial charge in [-0.3, -0.25) is 0 Å². The molecule has 1 aromatic rings. The zero-order valence-electron chi connectivity index (χ0n) is 16.3. The first-order valence-electron chi connectivity index (χ1n) is 9.22. The Hall–Kier alpha value is -0.690. The molecular weight excluding hydrogens is 455 g/mol. The molecule has 3 rings (SSSR count). The predicted octanol–water partition coefficient (Wildman–Crippen LogP) is 6.83. The van der Waals surface area contributed by atoms with Crippen molar-refractivity contribution >= 4 is 5.57 Å². The molecular formula is C23H30Hf. The standard InChI is InChI=1S/C12H19.C11H11.Hf/c1-6-7-12(5)8-9(2)10(3)11(12)4;1-8-7-9(2)11-6-4-3-5-10(8)11;/h6-7H2,1-5H3;3-7H,1-2H3;. The Kier molecular flexibility index (Phi) is 4.71. The molecule has 2 aliphatic rings. The Bertz CT molecular complexity index is 777. The fourth-order valence-corrected chi connectivity index (χ4v) is 12.4. The molecule has 0 heterocycles. The minimum absolute atomic E-state index is 0.317. The van der Waals surface area contributed by atoms with Crippen molar-refractivity contribution in [3.05, 3.63) is 61.5 Å². The molecule has 2 aliphatic carbocycles. The Morgan fingerprint density at radius 2 is 1.62 bits per heavy atom. The van der Waals surface area contributed by atoms with E-state index in [-0.39, 0.29) is 0 Å². The third-order valence-corrected chi connectivity index (χ3v) is 14.0. The number of allylic oxidation sites excluding steroid dienone is 6. The number of rotatable bonds is 4. The van der Waals surface area contributed by atoms with Crippen molar-refractivity contribution in [2.75, 3.05) is 0 Å². The maximum atomic E-state index is 2.59. The van der Waals surface area contributed by atoms with E-state index in [0.717, 1.165) is 0 Å². The van der Waals surface area contributed by atoms with Crippen LogP contribution in [0.15, 0.2) is 50.4 Å². The summed E-state index contributed by atoms with van der Waals surface area (Å²) in [5.74, 6) is 0. The second kappa shape index (κ2) is 6.24. The summed E-state index contributed by atoms with van der Waals surface area (Å²) in [5, 5.41) is 0. The van der Waals surface area contributed by atoms with Crippen molar-refractivity contribution in [1.82, 2.24) is 0 Å².